The van der Waals surface area contributed by atoms with E-state index in [4.69, 9.17) is 0 Å². The van der Waals surface area contributed by atoms with Crippen LogP contribution >= 0.6 is 0 Å². The zero-order valence-electron chi connectivity index (χ0n) is 33.8. The molecule has 2 atom stereocenters. The zero-order chi connectivity index (χ0) is 39.2. The summed E-state index contributed by atoms with van der Waals surface area (Å²) in [5.74, 6) is 0.483. The molecule has 6 aliphatic rings. The van der Waals surface area contributed by atoms with Crippen LogP contribution < -0.4 is 9.80 Å². The summed E-state index contributed by atoms with van der Waals surface area (Å²) in [6.45, 7) is 9.84. The van der Waals surface area contributed by atoms with Crippen molar-refractivity contribution in [3.8, 4) is 0 Å². The van der Waals surface area contributed by atoms with Crippen LogP contribution in [0.15, 0.2) is 216 Å². The molecule has 2 unspecified atom stereocenters. The number of allylic oxidation sites excluding steroid dienone is 14. The van der Waals surface area contributed by atoms with Gasteiger partial charge in [0, 0.05) is 56.8 Å². The maximum absolute atomic E-state index is 2.61. The van der Waals surface area contributed by atoms with Crippen LogP contribution in [0.5, 0.6) is 0 Å². The van der Waals surface area contributed by atoms with Crippen LogP contribution in [0, 0.1) is 11.8 Å². The van der Waals surface area contributed by atoms with Gasteiger partial charge in [0.25, 0.3) is 0 Å². The Bertz CT molecular complexity index is 2480. The van der Waals surface area contributed by atoms with E-state index in [1.54, 1.807) is 0 Å². The van der Waals surface area contributed by atoms with Crippen molar-refractivity contribution in [2.24, 2.45) is 11.8 Å². The minimum absolute atomic E-state index is 0.197. The minimum atomic E-state index is -0.197. The van der Waals surface area contributed by atoms with Gasteiger partial charge in [0.05, 0.1) is 0 Å². The Morgan fingerprint density at radius 2 is 0.776 bits per heavy atom. The van der Waals surface area contributed by atoms with Crippen LogP contribution in [-0.4, -0.2) is 0 Å². The molecule has 0 bridgehead atoms. The van der Waals surface area contributed by atoms with Gasteiger partial charge in [-0.1, -0.05) is 137 Å². The van der Waals surface area contributed by atoms with Crippen LogP contribution in [0.1, 0.15) is 62.8 Å². The number of anilines is 4. The molecule has 58 heavy (non-hydrogen) atoms. The Hall–Kier alpha value is -6.38. The second-order valence-corrected chi connectivity index (χ2v) is 17.6. The average Bonchev–Trinajstić information content (AvgIpc) is 3.63. The minimum Gasteiger partial charge on any atom is -0.314 e. The SMILES string of the molecule is CC1(C)C2=C(C3=CC=CCC3C(N(c3ccccc3)c3ccccc3)=C2)c2cc3c(cc21)C1=C(C=C(N(c2ccccc2)c2ccccc2)C2CC=CC=C12)C3(C)C. The normalized spacial score (nSPS) is 21.4. The highest BCUT2D eigenvalue weighted by Crippen LogP contribution is 2.62. The van der Waals surface area contributed by atoms with E-state index in [1.807, 2.05) is 0 Å². The number of benzene rings is 5. The van der Waals surface area contributed by atoms with Gasteiger partial charge in [-0.15, -0.1) is 0 Å². The molecule has 0 saturated carbocycles. The number of hydrogen-bond donors (Lipinski definition) is 0. The number of nitrogens with zero attached hydrogens (tertiary/aromatic N) is 2. The first kappa shape index (κ1) is 34.8. The third kappa shape index (κ3) is 5.10. The predicted octanol–water partition coefficient (Wildman–Crippen LogP) is 14.3. The molecule has 0 aromatic heterocycles. The molecule has 2 heteroatoms. The first-order chi connectivity index (χ1) is 28.3. The summed E-state index contributed by atoms with van der Waals surface area (Å²) in [5.41, 5.74) is 21.4. The van der Waals surface area contributed by atoms with Crippen molar-refractivity contribution in [1.82, 2.24) is 0 Å². The monoisotopic (exact) mass is 748 g/mol. The van der Waals surface area contributed by atoms with Gasteiger partial charge in [-0.2, -0.15) is 0 Å². The van der Waals surface area contributed by atoms with Gasteiger partial charge in [-0.3, -0.25) is 0 Å². The van der Waals surface area contributed by atoms with Crippen LogP contribution in [0.25, 0.3) is 11.1 Å². The predicted molar refractivity (Wildman–Crippen MR) is 243 cm³/mol. The van der Waals surface area contributed by atoms with E-state index in [0.29, 0.717) is 0 Å². The second kappa shape index (κ2) is 13.1. The first-order valence-electron chi connectivity index (χ1n) is 21.0. The molecule has 5 aromatic rings. The largest absolute Gasteiger partial charge is 0.314 e. The summed E-state index contributed by atoms with van der Waals surface area (Å²) in [7, 11) is 0. The van der Waals surface area contributed by atoms with Crippen molar-refractivity contribution in [3.05, 3.63) is 238 Å². The Kier molecular flexibility index (Phi) is 7.86. The molecule has 282 valence electrons. The van der Waals surface area contributed by atoms with E-state index in [-0.39, 0.29) is 22.7 Å². The smallest absolute Gasteiger partial charge is 0.0458 e. The van der Waals surface area contributed by atoms with Crippen LogP contribution in [0.4, 0.5) is 22.7 Å². The summed E-state index contributed by atoms with van der Waals surface area (Å²) in [4.78, 5) is 5.01. The van der Waals surface area contributed by atoms with E-state index in [2.05, 4.69) is 220 Å². The average molecular weight is 749 g/mol. The van der Waals surface area contributed by atoms with Gasteiger partial charge in [-0.05, 0) is 141 Å². The van der Waals surface area contributed by atoms with E-state index in [0.717, 1.165) is 12.8 Å². The highest BCUT2D eigenvalue weighted by Gasteiger charge is 2.49. The fourth-order valence-electron chi connectivity index (χ4n) is 10.9. The fourth-order valence-corrected chi connectivity index (χ4v) is 10.9. The van der Waals surface area contributed by atoms with Gasteiger partial charge < -0.3 is 9.80 Å². The Morgan fingerprint density at radius 1 is 0.448 bits per heavy atom. The topological polar surface area (TPSA) is 6.48 Å². The number of para-hydroxylation sites is 4. The zero-order valence-corrected chi connectivity index (χ0v) is 33.8. The van der Waals surface area contributed by atoms with Crippen LogP contribution in [0.3, 0.4) is 0 Å². The lowest BCUT2D eigenvalue weighted by molar-refractivity contribution is 0.632. The second-order valence-electron chi connectivity index (χ2n) is 17.6. The molecule has 0 N–H and O–H groups in total. The Morgan fingerprint density at radius 3 is 1.10 bits per heavy atom. The van der Waals surface area contributed by atoms with E-state index < -0.39 is 0 Å². The van der Waals surface area contributed by atoms with Gasteiger partial charge in [0.2, 0.25) is 0 Å². The molecule has 0 spiro atoms. The van der Waals surface area contributed by atoms with Crippen LogP contribution in [-0.2, 0) is 10.8 Å². The molecule has 0 radical (unpaired) electrons. The number of hydrogen-bond acceptors (Lipinski definition) is 2. The van der Waals surface area contributed by atoms with E-state index in [9.17, 15) is 0 Å². The van der Waals surface area contributed by atoms with Crippen molar-refractivity contribution in [2.45, 2.75) is 51.4 Å². The summed E-state index contributed by atoms with van der Waals surface area (Å²) in [5, 5.41) is 0. The molecular weight excluding hydrogens is 701 g/mol. The van der Waals surface area contributed by atoms with Gasteiger partial charge >= 0.3 is 0 Å². The Balaban J connectivity index is 1.09. The molecule has 6 aliphatic carbocycles. The van der Waals surface area contributed by atoms with E-state index >= 15 is 0 Å². The van der Waals surface area contributed by atoms with Crippen molar-refractivity contribution in [3.63, 3.8) is 0 Å². The lowest BCUT2D eigenvalue weighted by Gasteiger charge is -2.39. The molecule has 0 fully saturated rings. The summed E-state index contributed by atoms with van der Waals surface area (Å²) >= 11 is 0. The Labute approximate surface area is 343 Å². The lowest BCUT2D eigenvalue weighted by atomic mass is 9.73. The molecular formula is C56H48N2. The van der Waals surface area contributed by atoms with Gasteiger partial charge in [0.15, 0.2) is 0 Å². The van der Waals surface area contributed by atoms with Crippen molar-refractivity contribution < 1.29 is 0 Å². The highest BCUT2D eigenvalue weighted by molar-refractivity contribution is 6.00. The third-order valence-electron chi connectivity index (χ3n) is 13.7. The van der Waals surface area contributed by atoms with Crippen LogP contribution in [0.2, 0.25) is 0 Å². The quantitative estimate of drug-likeness (QED) is 0.171. The molecule has 5 aromatic carbocycles. The molecule has 0 amide bonds. The molecule has 11 rings (SSSR count). The van der Waals surface area contributed by atoms with Crippen molar-refractivity contribution in [1.29, 1.82) is 0 Å². The molecule has 0 heterocycles. The molecule has 0 aliphatic heterocycles. The molecule has 2 nitrogen and oxygen atoms in total. The standard InChI is InChI=1S/C56H48N2/c1-55(2)47-33-46-48(34-45(47)53-43-31-19-17-29-41(43)51(35-49(53)55)57(37-21-9-5-10-22-37)38-23-11-6-12-24-38)56(3,4)50-36-52(42-30-18-20-32-44(42)54(46)50)58(39-25-13-7-14-26-39)40-27-15-8-16-28-40/h5-28,31-36,41-42H,29-30H2,1-4H3. The van der Waals surface area contributed by atoms with Gasteiger partial charge in [0.1, 0.15) is 0 Å². The highest BCUT2D eigenvalue weighted by atomic mass is 15.2. The van der Waals surface area contributed by atoms with E-state index in [1.165, 1.54) is 89.8 Å². The van der Waals surface area contributed by atoms with Crippen molar-refractivity contribution >= 4 is 33.9 Å². The molecule has 0 saturated heterocycles. The number of fused-ring (bicyclic) bond motifs is 8. The first-order valence-corrected chi connectivity index (χ1v) is 21.0. The third-order valence-corrected chi connectivity index (χ3v) is 13.7. The van der Waals surface area contributed by atoms with Gasteiger partial charge in [-0.25, -0.2) is 0 Å². The summed E-state index contributed by atoms with van der Waals surface area (Å²) < 4.78 is 0. The maximum atomic E-state index is 2.61. The summed E-state index contributed by atoms with van der Waals surface area (Å²) in [6.07, 6.45) is 21.2. The summed E-state index contributed by atoms with van der Waals surface area (Å²) in [6, 6.07) is 48.9. The maximum Gasteiger partial charge on any atom is 0.0458 e. The number of rotatable bonds is 6. The fraction of sp³-hybridized carbons (Fsp3) is 0.179. The lowest BCUT2D eigenvalue weighted by Crippen LogP contribution is -2.29. The van der Waals surface area contributed by atoms with Crippen molar-refractivity contribution in [2.75, 3.05) is 9.80 Å².